The lowest BCUT2D eigenvalue weighted by molar-refractivity contribution is -0.114. The number of fused-ring (bicyclic) bond motifs is 1. The summed E-state index contributed by atoms with van der Waals surface area (Å²) in [5.41, 5.74) is 5.50. The van der Waals surface area contributed by atoms with Crippen LogP contribution in [-0.4, -0.2) is 35.6 Å². The van der Waals surface area contributed by atoms with Crippen molar-refractivity contribution < 1.29 is 14.4 Å². The average Bonchev–Trinajstić information content (AvgIpc) is 2.90. The lowest BCUT2D eigenvalue weighted by Gasteiger charge is -2.26. The van der Waals surface area contributed by atoms with Crippen LogP contribution < -0.4 is 16.0 Å². The minimum atomic E-state index is -0.456. The Balaban J connectivity index is 1.35. The number of likely N-dealkylation sites (tertiary alicyclic amines) is 1. The van der Waals surface area contributed by atoms with Crippen LogP contribution in [0.5, 0.6) is 0 Å². The molecular formula is C30H30N4O3. The van der Waals surface area contributed by atoms with Crippen molar-refractivity contribution in [3.8, 4) is 0 Å². The molecule has 0 saturated carbocycles. The number of carbonyl (C=O) groups is 3. The molecular weight excluding hydrogens is 464 g/mol. The summed E-state index contributed by atoms with van der Waals surface area (Å²) >= 11 is 0. The minimum absolute atomic E-state index is 0.0211. The van der Waals surface area contributed by atoms with E-state index < -0.39 is 11.8 Å². The van der Waals surface area contributed by atoms with Crippen LogP contribution in [0.4, 0.5) is 17.1 Å². The molecule has 2 aliphatic rings. The molecule has 37 heavy (non-hydrogen) atoms. The molecule has 0 aliphatic carbocycles. The topological polar surface area (TPSA) is 90.5 Å². The zero-order valence-electron chi connectivity index (χ0n) is 20.8. The number of benzene rings is 3. The third-order valence-electron chi connectivity index (χ3n) is 6.78. The average molecular weight is 495 g/mol. The van der Waals surface area contributed by atoms with Gasteiger partial charge in [0.15, 0.2) is 5.78 Å². The van der Waals surface area contributed by atoms with Crippen molar-refractivity contribution in [1.82, 2.24) is 10.2 Å². The number of rotatable bonds is 7. The lowest BCUT2D eigenvalue weighted by atomic mass is 9.94. The first-order valence-electron chi connectivity index (χ1n) is 12.6. The van der Waals surface area contributed by atoms with E-state index in [9.17, 15) is 14.4 Å². The molecule has 2 heterocycles. The van der Waals surface area contributed by atoms with E-state index in [1.165, 1.54) is 31.7 Å². The van der Waals surface area contributed by atoms with E-state index in [0.29, 0.717) is 28.0 Å². The molecule has 5 rings (SSSR count). The summed E-state index contributed by atoms with van der Waals surface area (Å²) in [5, 5.41) is 8.90. The van der Waals surface area contributed by atoms with E-state index in [4.69, 9.17) is 0 Å². The molecule has 2 aliphatic heterocycles. The summed E-state index contributed by atoms with van der Waals surface area (Å²) in [6.45, 7) is 4.77. The Labute approximate surface area is 216 Å². The Hall–Kier alpha value is -4.23. The second-order valence-electron chi connectivity index (χ2n) is 9.54. The Morgan fingerprint density at radius 2 is 1.59 bits per heavy atom. The normalized spacial score (nSPS) is 16.7. The predicted octanol–water partition coefficient (Wildman–Crippen LogP) is 5.34. The Morgan fingerprint density at radius 1 is 0.865 bits per heavy atom. The predicted molar refractivity (Wildman–Crippen MR) is 146 cm³/mol. The quantitative estimate of drug-likeness (QED) is 0.233. The molecule has 188 valence electrons. The molecule has 7 heteroatoms. The van der Waals surface area contributed by atoms with E-state index in [-0.39, 0.29) is 5.78 Å². The fourth-order valence-corrected chi connectivity index (χ4v) is 4.77. The molecule has 0 aromatic heterocycles. The van der Waals surface area contributed by atoms with Crippen LogP contribution in [0.1, 0.15) is 58.0 Å². The number of piperidine rings is 1. The van der Waals surface area contributed by atoms with Crippen LogP contribution in [0.3, 0.4) is 0 Å². The van der Waals surface area contributed by atoms with Gasteiger partial charge in [0.25, 0.3) is 11.8 Å². The Kier molecular flexibility index (Phi) is 7.14. The van der Waals surface area contributed by atoms with Crippen LogP contribution >= 0.6 is 0 Å². The number of hydrogen-bond acceptors (Lipinski definition) is 6. The smallest absolute Gasteiger partial charge is 0.260 e. The molecule has 3 aromatic rings. The monoisotopic (exact) mass is 494 g/mol. The van der Waals surface area contributed by atoms with E-state index >= 15 is 0 Å². The fourth-order valence-electron chi connectivity index (χ4n) is 4.77. The van der Waals surface area contributed by atoms with Crippen molar-refractivity contribution in [2.75, 3.05) is 23.7 Å². The van der Waals surface area contributed by atoms with E-state index in [1.807, 2.05) is 24.3 Å². The summed E-state index contributed by atoms with van der Waals surface area (Å²) < 4.78 is 0. The maximum absolute atomic E-state index is 12.7. The molecule has 2 amide bonds. The van der Waals surface area contributed by atoms with Gasteiger partial charge in [0, 0.05) is 46.5 Å². The van der Waals surface area contributed by atoms with Gasteiger partial charge in [-0.15, -0.1) is 0 Å². The van der Waals surface area contributed by atoms with Crippen LogP contribution in [-0.2, 0) is 11.3 Å². The van der Waals surface area contributed by atoms with E-state index in [0.717, 1.165) is 31.0 Å². The molecule has 3 aromatic carbocycles. The number of imide groups is 1. The first kappa shape index (κ1) is 24.5. The van der Waals surface area contributed by atoms with Gasteiger partial charge in [-0.2, -0.15) is 0 Å². The second kappa shape index (κ2) is 10.8. The molecule has 1 saturated heterocycles. The molecule has 0 unspecified atom stereocenters. The molecule has 0 bridgehead atoms. The summed E-state index contributed by atoms with van der Waals surface area (Å²) in [4.78, 5) is 39.4. The summed E-state index contributed by atoms with van der Waals surface area (Å²) in [7, 11) is 0. The highest BCUT2D eigenvalue weighted by Gasteiger charge is 2.27. The third-order valence-corrected chi connectivity index (χ3v) is 6.78. The highest BCUT2D eigenvalue weighted by molar-refractivity contribution is 6.31. The Morgan fingerprint density at radius 3 is 2.35 bits per heavy atom. The lowest BCUT2D eigenvalue weighted by Crippen LogP contribution is -2.36. The van der Waals surface area contributed by atoms with Gasteiger partial charge in [0.05, 0.1) is 5.57 Å². The van der Waals surface area contributed by atoms with Crippen LogP contribution in [0.25, 0.3) is 5.57 Å². The second-order valence-corrected chi connectivity index (χ2v) is 9.54. The number of nitrogens with one attached hydrogen (secondary N) is 3. The maximum Gasteiger partial charge on any atom is 0.260 e. The van der Waals surface area contributed by atoms with E-state index in [2.05, 4.69) is 33.0 Å². The summed E-state index contributed by atoms with van der Waals surface area (Å²) in [6.07, 6.45) is 5.49. The van der Waals surface area contributed by atoms with Gasteiger partial charge in [0.1, 0.15) is 0 Å². The van der Waals surface area contributed by atoms with Crippen molar-refractivity contribution >= 4 is 40.2 Å². The highest BCUT2D eigenvalue weighted by Crippen LogP contribution is 2.29. The number of Topliss-reactive ketones (excluding diaryl/α,β-unsaturated/α-hetero) is 1. The first-order chi connectivity index (χ1) is 18.0. The van der Waals surface area contributed by atoms with Crippen LogP contribution in [0.2, 0.25) is 0 Å². The minimum Gasteiger partial charge on any atom is -0.361 e. The van der Waals surface area contributed by atoms with Crippen molar-refractivity contribution in [3.05, 3.63) is 95.2 Å². The molecule has 0 radical (unpaired) electrons. The summed E-state index contributed by atoms with van der Waals surface area (Å²) in [5.74, 6) is -0.904. The maximum atomic E-state index is 12.7. The van der Waals surface area contributed by atoms with Gasteiger partial charge in [-0.3, -0.25) is 24.6 Å². The van der Waals surface area contributed by atoms with Gasteiger partial charge in [-0.25, -0.2) is 0 Å². The van der Waals surface area contributed by atoms with Crippen molar-refractivity contribution in [2.24, 2.45) is 0 Å². The molecule has 0 atom stereocenters. The fraction of sp³-hybridized carbons (Fsp3) is 0.233. The Bertz CT molecular complexity index is 1370. The number of hydrogen-bond donors (Lipinski definition) is 3. The van der Waals surface area contributed by atoms with Gasteiger partial charge < -0.3 is 10.6 Å². The first-order valence-corrected chi connectivity index (χ1v) is 12.6. The molecule has 0 spiro atoms. The number of carbonyl (C=O) groups excluding carboxylic acids is 3. The standard InChI is InChI=1S/C30H30N4O3/c1-20(35)22-6-5-7-24(16-22)32-25-12-13-26-27(17-25)28(30(37)33-29(26)36)18-31-23-10-8-21(9-11-23)19-34-14-3-2-4-15-34/h5-13,16-18,31-32H,2-4,14-15,19H2,1H3,(H,33,36,37)/b28-18-. The van der Waals surface area contributed by atoms with Crippen molar-refractivity contribution in [3.63, 3.8) is 0 Å². The largest absolute Gasteiger partial charge is 0.361 e. The van der Waals surface area contributed by atoms with Gasteiger partial charge >= 0.3 is 0 Å². The number of amides is 2. The zero-order chi connectivity index (χ0) is 25.8. The highest BCUT2D eigenvalue weighted by atomic mass is 16.2. The molecule has 1 fully saturated rings. The summed E-state index contributed by atoms with van der Waals surface area (Å²) in [6, 6.07) is 20.7. The van der Waals surface area contributed by atoms with Crippen molar-refractivity contribution in [2.45, 2.75) is 32.7 Å². The van der Waals surface area contributed by atoms with Gasteiger partial charge in [-0.05, 0) is 80.9 Å². The third kappa shape index (κ3) is 5.78. The zero-order valence-corrected chi connectivity index (χ0v) is 20.8. The van der Waals surface area contributed by atoms with Crippen LogP contribution in [0, 0.1) is 0 Å². The number of anilines is 3. The van der Waals surface area contributed by atoms with Gasteiger partial charge in [0.2, 0.25) is 0 Å². The number of nitrogens with zero attached hydrogens (tertiary/aromatic N) is 1. The van der Waals surface area contributed by atoms with Crippen LogP contribution in [0.15, 0.2) is 72.9 Å². The van der Waals surface area contributed by atoms with Gasteiger partial charge in [-0.1, -0.05) is 30.7 Å². The van der Waals surface area contributed by atoms with E-state index in [1.54, 1.807) is 36.5 Å². The van der Waals surface area contributed by atoms with Crippen molar-refractivity contribution in [1.29, 1.82) is 0 Å². The SMILES string of the molecule is CC(=O)c1cccc(Nc2ccc3c(c2)/C(=C/Nc2ccc(CN4CCCCC4)cc2)C(=O)NC3=O)c1. The number of ketones is 1. The molecule has 7 nitrogen and oxygen atoms in total. The molecule has 3 N–H and O–H groups in total.